The molecule has 3 rings (SSSR count). The number of carbonyl (C=O) groups excluding carboxylic acids is 1. The van der Waals surface area contributed by atoms with E-state index in [9.17, 15) is 4.79 Å². The van der Waals surface area contributed by atoms with Gasteiger partial charge in [0.25, 0.3) is 5.91 Å². The van der Waals surface area contributed by atoms with Gasteiger partial charge in [-0.2, -0.15) is 0 Å². The Morgan fingerprint density at radius 2 is 2.12 bits per heavy atom. The van der Waals surface area contributed by atoms with Crippen molar-refractivity contribution in [1.29, 1.82) is 0 Å². The number of piperidine rings is 1. The van der Waals surface area contributed by atoms with Crippen LogP contribution < -0.4 is 0 Å². The number of carbonyl (C=O) groups is 1. The minimum atomic E-state index is 0.0534. The van der Waals surface area contributed by atoms with Gasteiger partial charge in [0.2, 0.25) is 0 Å². The number of nitrogens with zero attached hydrogens (tertiary/aromatic N) is 3. The zero-order valence-corrected chi connectivity index (χ0v) is 14.7. The standard InChI is InChI=1S/C19H22ClN3O/c1-2-4-18-17(11-21-13-22-18)19(24)23-10-3-5-15(12-23)14-6-8-16(20)9-7-14/h6-9,11,13,15H,2-5,10,12H2,1H3/t15-/m0/s1. The van der Waals surface area contributed by atoms with E-state index in [1.807, 2.05) is 17.0 Å². The first-order valence-electron chi connectivity index (χ1n) is 8.52. The molecule has 1 fully saturated rings. The van der Waals surface area contributed by atoms with Crippen LogP contribution in [-0.4, -0.2) is 33.9 Å². The van der Waals surface area contributed by atoms with E-state index < -0.39 is 0 Å². The lowest BCUT2D eigenvalue weighted by molar-refractivity contribution is 0.0705. The summed E-state index contributed by atoms with van der Waals surface area (Å²) in [5.74, 6) is 0.414. The molecule has 1 aliphatic rings. The third-order valence-corrected chi connectivity index (χ3v) is 4.81. The Morgan fingerprint density at radius 3 is 2.88 bits per heavy atom. The first-order chi connectivity index (χ1) is 11.7. The number of likely N-dealkylation sites (tertiary alicyclic amines) is 1. The fraction of sp³-hybridized carbons (Fsp3) is 0.421. The van der Waals surface area contributed by atoms with Crippen molar-refractivity contribution < 1.29 is 4.79 Å². The number of benzene rings is 1. The molecule has 1 aliphatic heterocycles. The average Bonchev–Trinajstić information content (AvgIpc) is 2.63. The van der Waals surface area contributed by atoms with E-state index in [1.165, 1.54) is 11.9 Å². The van der Waals surface area contributed by atoms with E-state index in [-0.39, 0.29) is 5.91 Å². The summed E-state index contributed by atoms with van der Waals surface area (Å²) >= 11 is 5.98. The summed E-state index contributed by atoms with van der Waals surface area (Å²) in [6.07, 6.45) is 7.05. The van der Waals surface area contributed by atoms with Gasteiger partial charge in [-0.15, -0.1) is 0 Å². The van der Waals surface area contributed by atoms with Crippen LogP contribution in [0.1, 0.15) is 53.7 Å². The van der Waals surface area contributed by atoms with Crippen LogP contribution >= 0.6 is 11.6 Å². The predicted molar refractivity (Wildman–Crippen MR) is 95.4 cm³/mol. The summed E-state index contributed by atoms with van der Waals surface area (Å²) in [4.78, 5) is 23.3. The maximum absolute atomic E-state index is 13.0. The molecule has 0 spiro atoms. The summed E-state index contributed by atoms with van der Waals surface area (Å²) in [6, 6.07) is 7.97. The number of hydrogen-bond donors (Lipinski definition) is 0. The van der Waals surface area contributed by atoms with Gasteiger partial charge in [0.15, 0.2) is 0 Å². The van der Waals surface area contributed by atoms with Crippen LogP contribution in [0.3, 0.4) is 0 Å². The molecule has 4 nitrogen and oxygen atoms in total. The number of hydrogen-bond acceptors (Lipinski definition) is 3. The van der Waals surface area contributed by atoms with Crippen molar-refractivity contribution in [2.24, 2.45) is 0 Å². The Balaban J connectivity index is 1.77. The van der Waals surface area contributed by atoms with Crippen molar-refractivity contribution in [2.45, 2.75) is 38.5 Å². The zero-order chi connectivity index (χ0) is 16.9. The topological polar surface area (TPSA) is 46.1 Å². The molecule has 2 heterocycles. The third-order valence-electron chi connectivity index (χ3n) is 4.56. The highest BCUT2D eigenvalue weighted by Gasteiger charge is 2.27. The van der Waals surface area contributed by atoms with E-state index in [2.05, 4.69) is 29.0 Å². The van der Waals surface area contributed by atoms with Crippen LogP contribution in [0.4, 0.5) is 0 Å². The molecule has 0 radical (unpaired) electrons. The van der Waals surface area contributed by atoms with Crippen molar-refractivity contribution in [3.8, 4) is 0 Å². The lowest BCUT2D eigenvalue weighted by atomic mass is 9.90. The lowest BCUT2D eigenvalue weighted by Crippen LogP contribution is -2.39. The number of aryl methyl sites for hydroxylation is 1. The van der Waals surface area contributed by atoms with E-state index in [0.717, 1.165) is 49.5 Å². The molecular weight excluding hydrogens is 322 g/mol. The molecule has 0 N–H and O–H groups in total. The Labute approximate surface area is 147 Å². The third kappa shape index (κ3) is 3.75. The fourth-order valence-electron chi connectivity index (χ4n) is 3.31. The average molecular weight is 344 g/mol. The molecule has 0 bridgehead atoms. The largest absolute Gasteiger partial charge is 0.338 e. The van der Waals surface area contributed by atoms with Gasteiger partial charge in [0, 0.05) is 30.2 Å². The molecule has 1 aromatic heterocycles. The highest BCUT2D eigenvalue weighted by atomic mass is 35.5. The normalized spacial score (nSPS) is 17.8. The van der Waals surface area contributed by atoms with Crippen LogP contribution in [0.2, 0.25) is 5.02 Å². The number of rotatable bonds is 4. The molecule has 5 heteroatoms. The second-order valence-electron chi connectivity index (χ2n) is 6.27. The Bertz CT molecular complexity index is 702. The molecule has 1 saturated heterocycles. The number of halogens is 1. The minimum Gasteiger partial charge on any atom is -0.338 e. The van der Waals surface area contributed by atoms with Crippen molar-refractivity contribution in [3.63, 3.8) is 0 Å². The smallest absolute Gasteiger partial charge is 0.257 e. The summed E-state index contributed by atoms with van der Waals surface area (Å²) in [5.41, 5.74) is 2.75. The molecule has 1 atom stereocenters. The van der Waals surface area contributed by atoms with Crippen molar-refractivity contribution in [3.05, 3.63) is 58.6 Å². The van der Waals surface area contributed by atoms with Gasteiger partial charge >= 0.3 is 0 Å². The molecule has 1 amide bonds. The monoisotopic (exact) mass is 343 g/mol. The van der Waals surface area contributed by atoms with E-state index >= 15 is 0 Å². The van der Waals surface area contributed by atoms with Gasteiger partial charge in [0.1, 0.15) is 6.33 Å². The van der Waals surface area contributed by atoms with Crippen LogP contribution in [0.15, 0.2) is 36.8 Å². The van der Waals surface area contributed by atoms with E-state index in [1.54, 1.807) is 6.20 Å². The highest BCUT2D eigenvalue weighted by molar-refractivity contribution is 6.30. The molecule has 0 unspecified atom stereocenters. The number of amides is 1. The molecular formula is C19H22ClN3O. The lowest BCUT2D eigenvalue weighted by Gasteiger charge is -2.33. The summed E-state index contributed by atoms with van der Waals surface area (Å²) in [7, 11) is 0. The van der Waals surface area contributed by atoms with Gasteiger partial charge in [-0.1, -0.05) is 37.1 Å². The van der Waals surface area contributed by atoms with Gasteiger partial charge in [-0.05, 0) is 37.0 Å². The number of aromatic nitrogens is 2. The predicted octanol–water partition coefficient (Wildman–Crippen LogP) is 4.10. The molecule has 1 aromatic carbocycles. The van der Waals surface area contributed by atoms with Crippen molar-refractivity contribution in [1.82, 2.24) is 14.9 Å². The highest BCUT2D eigenvalue weighted by Crippen LogP contribution is 2.28. The van der Waals surface area contributed by atoms with E-state index in [4.69, 9.17) is 11.6 Å². The SMILES string of the molecule is CCCc1ncncc1C(=O)N1CCC[C@H](c2ccc(Cl)cc2)C1. The molecule has 0 saturated carbocycles. The minimum absolute atomic E-state index is 0.0534. The van der Waals surface area contributed by atoms with E-state index in [0.29, 0.717) is 11.5 Å². The van der Waals surface area contributed by atoms with Gasteiger partial charge in [-0.25, -0.2) is 9.97 Å². The van der Waals surface area contributed by atoms with Crippen LogP contribution in [0.25, 0.3) is 0 Å². The van der Waals surface area contributed by atoms with Crippen LogP contribution in [0, 0.1) is 0 Å². The van der Waals surface area contributed by atoms with Crippen molar-refractivity contribution >= 4 is 17.5 Å². The molecule has 24 heavy (non-hydrogen) atoms. The van der Waals surface area contributed by atoms with Crippen LogP contribution in [-0.2, 0) is 6.42 Å². The fourth-order valence-corrected chi connectivity index (χ4v) is 3.43. The first-order valence-corrected chi connectivity index (χ1v) is 8.90. The zero-order valence-electron chi connectivity index (χ0n) is 13.9. The quantitative estimate of drug-likeness (QED) is 0.839. The Kier molecular flexibility index (Phi) is 5.46. The Hall–Kier alpha value is -1.94. The summed E-state index contributed by atoms with van der Waals surface area (Å²) in [6.45, 7) is 3.62. The maximum atomic E-state index is 13.0. The summed E-state index contributed by atoms with van der Waals surface area (Å²) < 4.78 is 0. The second kappa shape index (κ2) is 7.75. The van der Waals surface area contributed by atoms with Gasteiger partial charge < -0.3 is 4.90 Å². The summed E-state index contributed by atoms with van der Waals surface area (Å²) in [5, 5.41) is 0.744. The molecule has 126 valence electrons. The van der Waals surface area contributed by atoms with Crippen LogP contribution in [0.5, 0.6) is 0 Å². The molecule has 2 aromatic rings. The van der Waals surface area contributed by atoms with Crippen molar-refractivity contribution in [2.75, 3.05) is 13.1 Å². The van der Waals surface area contributed by atoms with Gasteiger partial charge in [0.05, 0.1) is 11.3 Å². The second-order valence-corrected chi connectivity index (χ2v) is 6.71. The molecule has 0 aliphatic carbocycles. The Morgan fingerprint density at radius 1 is 1.33 bits per heavy atom. The van der Waals surface area contributed by atoms with Gasteiger partial charge in [-0.3, -0.25) is 4.79 Å². The first kappa shape index (κ1) is 16.9. The maximum Gasteiger partial charge on any atom is 0.257 e.